The van der Waals surface area contributed by atoms with Crippen LogP contribution < -0.4 is 10.6 Å². The highest BCUT2D eigenvalue weighted by Crippen LogP contribution is 2.32. The van der Waals surface area contributed by atoms with Gasteiger partial charge in [0.25, 0.3) is 5.91 Å². The minimum atomic E-state index is -5.08. The largest absolute Gasteiger partial charge is 0.490 e. The van der Waals surface area contributed by atoms with Crippen molar-refractivity contribution < 1.29 is 32.7 Å². The number of fused-ring (bicyclic) bond motifs is 1. The Morgan fingerprint density at radius 3 is 2.40 bits per heavy atom. The number of anilines is 1. The molecular weight excluding hydrogens is 461 g/mol. The van der Waals surface area contributed by atoms with Crippen molar-refractivity contribution in [3.63, 3.8) is 0 Å². The first-order chi connectivity index (χ1) is 16.5. The number of carboxylic acid groups (broad SMARTS) is 1. The molecular formula is C26H35F3N2O4. The van der Waals surface area contributed by atoms with Crippen LogP contribution in [-0.2, 0) is 20.8 Å². The SMILES string of the molecule is CC[C@H](N)C(=O)C[C@H](/C=C/C(=O)N1CCc2ccccc21)CC1CCCCC1.O=C(O)C(F)(F)F. The average molecular weight is 497 g/mol. The van der Waals surface area contributed by atoms with Crippen LogP contribution in [0.3, 0.4) is 0 Å². The molecule has 1 aromatic rings. The number of alkyl halides is 3. The minimum Gasteiger partial charge on any atom is -0.475 e. The number of nitrogens with zero attached hydrogens (tertiary/aromatic N) is 1. The molecule has 35 heavy (non-hydrogen) atoms. The molecule has 194 valence electrons. The van der Waals surface area contributed by atoms with E-state index in [9.17, 15) is 22.8 Å². The van der Waals surface area contributed by atoms with Gasteiger partial charge in [0.15, 0.2) is 0 Å². The van der Waals surface area contributed by atoms with Crippen LogP contribution in [0.1, 0.15) is 63.9 Å². The fourth-order valence-electron chi connectivity index (χ4n) is 4.59. The fraction of sp³-hybridized carbons (Fsp3) is 0.577. The van der Waals surface area contributed by atoms with Gasteiger partial charge in [0, 0.05) is 18.7 Å². The van der Waals surface area contributed by atoms with Crippen molar-refractivity contribution in [3.8, 4) is 0 Å². The normalized spacial score (nSPS) is 17.9. The van der Waals surface area contributed by atoms with E-state index in [2.05, 4.69) is 6.07 Å². The predicted molar refractivity (Wildman–Crippen MR) is 128 cm³/mol. The van der Waals surface area contributed by atoms with Gasteiger partial charge >= 0.3 is 12.1 Å². The summed E-state index contributed by atoms with van der Waals surface area (Å²) < 4.78 is 31.7. The zero-order valence-electron chi connectivity index (χ0n) is 20.1. The molecule has 0 saturated heterocycles. The summed E-state index contributed by atoms with van der Waals surface area (Å²) in [6, 6.07) is 7.71. The van der Waals surface area contributed by atoms with Crippen molar-refractivity contribution >= 4 is 23.3 Å². The molecule has 3 rings (SSSR count). The zero-order chi connectivity index (χ0) is 26.0. The number of halogens is 3. The molecule has 9 heteroatoms. The molecule has 0 radical (unpaired) electrons. The zero-order valence-corrected chi connectivity index (χ0v) is 20.1. The number of benzene rings is 1. The van der Waals surface area contributed by atoms with E-state index < -0.39 is 12.1 Å². The molecule has 0 aromatic heterocycles. The number of nitrogens with two attached hydrogens (primary N) is 1. The lowest BCUT2D eigenvalue weighted by Gasteiger charge is -2.25. The van der Waals surface area contributed by atoms with Crippen LogP contribution in [0, 0.1) is 11.8 Å². The van der Waals surface area contributed by atoms with Gasteiger partial charge < -0.3 is 15.7 Å². The molecule has 0 unspecified atom stereocenters. The Morgan fingerprint density at radius 1 is 1.17 bits per heavy atom. The van der Waals surface area contributed by atoms with E-state index in [0.717, 1.165) is 25.1 Å². The van der Waals surface area contributed by atoms with Crippen LogP contribution in [0.2, 0.25) is 0 Å². The lowest BCUT2D eigenvalue weighted by Crippen LogP contribution is -2.31. The van der Waals surface area contributed by atoms with Gasteiger partial charge in [-0.3, -0.25) is 9.59 Å². The highest BCUT2D eigenvalue weighted by Gasteiger charge is 2.38. The standard InChI is InChI=1S/C24H34N2O2.C2HF3O2/c1-2-21(25)23(27)17-19(16-18-8-4-3-5-9-18)12-13-24(28)26-15-14-20-10-6-7-11-22(20)26;3-2(4,5)1(6)7/h6-7,10-13,18-19,21H,2-5,8-9,14-17,25H2,1H3;(H,6,7)/b13-12+;/t19-,21+;/m1./s1. The summed E-state index contributed by atoms with van der Waals surface area (Å²) >= 11 is 0. The summed E-state index contributed by atoms with van der Waals surface area (Å²) in [5, 5.41) is 7.12. The Kier molecular flexibility index (Phi) is 10.9. The van der Waals surface area contributed by atoms with Crippen LogP contribution in [0.5, 0.6) is 0 Å². The number of rotatable bonds is 8. The molecule has 0 spiro atoms. The second-order valence-corrected chi connectivity index (χ2v) is 9.22. The van der Waals surface area contributed by atoms with Crippen molar-refractivity contribution in [2.75, 3.05) is 11.4 Å². The van der Waals surface area contributed by atoms with E-state index in [0.29, 0.717) is 18.8 Å². The molecule has 1 fully saturated rings. The quantitative estimate of drug-likeness (QED) is 0.491. The average Bonchev–Trinajstić information content (AvgIpc) is 3.26. The maximum absolute atomic E-state index is 12.8. The third-order valence-corrected chi connectivity index (χ3v) is 6.58. The first-order valence-electron chi connectivity index (χ1n) is 12.2. The number of aliphatic carboxylic acids is 1. The predicted octanol–water partition coefficient (Wildman–Crippen LogP) is 5.05. The summed E-state index contributed by atoms with van der Waals surface area (Å²) in [4.78, 5) is 36.0. The molecule has 1 saturated carbocycles. The molecule has 2 aliphatic rings. The number of carboxylic acids is 1. The van der Waals surface area contributed by atoms with Crippen LogP contribution in [0.15, 0.2) is 36.4 Å². The number of carbonyl (C=O) groups is 3. The van der Waals surface area contributed by atoms with E-state index >= 15 is 0 Å². The molecule has 1 aliphatic heterocycles. The minimum absolute atomic E-state index is 0.0193. The van der Waals surface area contributed by atoms with Crippen molar-refractivity contribution in [2.24, 2.45) is 17.6 Å². The van der Waals surface area contributed by atoms with E-state index in [4.69, 9.17) is 15.6 Å². The van der Waals surface area contributed by atoms with Gasteiger partial charge in [0.05, 0.1) is 6.04 Å². The third kappa shape index (κ3) is 9.12. The van der Waals surface area contributed by atoms with Crippen molar-refractivity contribution in [3.05, 3.63) is 42.0 Å². The topological polar surface area (TPSA) is 101 Å². The molecule has 1 heterocycles. The number of amides is 1. The highest BCUT2D eigenvalue weighted by atomic mass is 19.4. The Balaban J connectivity index is 0.000000540. The van der Waals surface area contributed by atoms with Gasteiger partial charge in [-0.05, 0) is 48.8 Å². The maximum atomic E-state index is 12.8. The lowest BCUT2D eigenvalue weighted by atomic mass is 9.80. The van der Waals surface area contributed by atoms with Gasteiger partial charge in [-0.15, -0.1) is 0 Å². The fourth-order valence-corrected chi connectivity index (χ4v) is 4.59. The number of carbonyl (C=O) groups excluding carboxylic acids is 2. The smallest absolute Gasteiger partial charge is 0.475 e. The number of allylic oxidation sites excluding steroid dienone is 1. The number of hydrogen-bond donors (Lipinski definition) is 2. The molecule has 1 amide bonds. The van der Waals surface area contributed by atoms with E-state index in [-0.39, 0.29) is 23.7 Å². The molecule has 0 bridgehead atoms. The van der Waals surface area contributed by atoms with Crippen LogP contribution in [-0.4, -0.2) is 41.5 Å². The monoisotopic (exact) mass is 496 g/mol. The first-order valence-corrected chi connectivity index (χ1v) is 12.2. The van der Waals surface area contributed by atoms with Crippen molar-refractivity contribution in [1.29, 1.82) is 0 Å². The van der Waals surface area contributed by atoms with Gasteiger partial charge in [-0.1, -0.05) is 63.3 Å². The number of Topliss-reactive ketones (excluding diaryl/α,β-unsaturated/α-hetero) is 1. The van der Waals surface area contributed by atoms with Crippen LogP contribution >= 0.6 is 0 Å². The first kappa shape index (κ1) is 28.6. The lowest BCUT2D eigenvalue weighted by molar-refractivity contribution is -0.192. The van der Waals surface area contributed by atoms with Crippen molar-refractivity contribution in [1.82, 2.24) is 0 Å². The van der Waals surface area contributed by atoms with Crippen molar-refractivity contribution in [2.45, 2.75) is 76.9 Å². The van der Waals surface area contributed by atoms with Crippen LogP contribution in [0.25, 0.3) is 0 Å². The number of para-hydroxylation sites is 1. The van der Waals surface area contributed by atoms with E-state index in [1.807, 2.05) is 36.1 Å². The highest BCUT2D eigenvalue weighted by molar-refractivity contribution is 6.02. The molecule has 1 aliphatic carbocycles. The summed E-state index contributed by atoms with van der Waals surface area (Å²) in [5.74, 6) is -1.85. The molecule has 1 aromatic carbocycles. The summed E-state index contributed by atoms with van der Waals surface area (Å²) in [5.41, 5.74) is 8.21. The van der Waals surface area contributed by atoms with Gasteiger partial charge in [-0.25, -0.2) is 4.79 Å². The second kappa shape index (κ2) is 13.4. The summed E-state index contributed by atoms with van der Waals surface area (Å²) in [7, 11) is 0. The van der Waals surface area contributed by atoms with E-state index in [1.54, 1.807) is 6.08 Å². The number of hydrogen-bond acceptors (Lipinski definition) is 4. The molecule has 3 N–H and O–H groups in total. The Bertz CT molecular complexity index is 895. The maximum Gasteiger partial charge on any atom is 0.490 e. The number of ketones is 1. The third-order valence-electron chi connectivity index (χ3n) is 6.58. The Morgan fingerprint density at radius 2 is 1.80 bits per heavy atom. The second-order valence-electron chi connectivity index (χ2n) is 9.22. The Labute approximate surface area is 204 Å². The molecule has 2 atom stereocenters. The molecule has 6 nitrogen and oxygen atoms in total. The van der Waals surface area contributed by atoms with Gasteiger partial charge in [0.1, 0.15) is 5.78 Å². The summed E-state index contributed by atoms with van der Waals surface area (Å²) in [6.45, 7) is 2.68. The Hall–Kier alpha value is -2.68. The van der Waals surface area contributed by atoms with Crippen LogP contribution in [0.4, 0.5) is 18.9 Å². The van der Waals surface area contributed by atoms with E-state index in [1.165, 1.54) is 37.7 Å². The van der Waals surface area contributed by atoms with Gasteiger partial charge in [0.2, 0.25) is 0 Å². The van der Waals surface area contributed by atoms with Gasteiger partial charge in [-0.2, -0.15) is 13.2 Å². The summed E-state index contributed by atoms with van der Waals surface area (Å²) in [6.07, 6.45) is 7.99.